The number of hydrogen-bond donors (Lipinski definition) is 1. The van der Waals surface area contributed by atoms with Gasteiger partial charge in [0.1, 0.15) is 17.3 Å². The molecule has 2 aromatic carbocycles. The molecular formula is C17H19BrFNO. The van der Waals surface area contributed by atoms with Crippen LogP contribution >= 0.6 is 15.9 Å². The quantitative estimate of drug-likeness (QED) is 0.800. The van der Waals surface area contributed by atoms with Gasteiger partial charge in [-0.1, -0.05) is 26.0 Å². The minimum atomic E-state index is -0.297. The Morgan fingerprint density at radius 1 is 1.19 bits per heavy atom. The van der Waals surface area contributed by atoms with Crippen LogP contribution in [0.2, 0.25) is 0 Å². The summed E-state index contributed by atoms with van der Waals surface area (Å²) in [6, 6.07) is 11.2. The highest BCUT2D eigenvalue weighted by Gasteiger charge is 2.06. The summed E-state index contributed by atoms with van der Waals surface area (Å²) in [4.78, 5) is 0. The van der Waals surface area contributed by atoms with E-state index in [0.29, 0.717) is 16.3 Å². The zero-order valence-electron chi connectivity index (χ0n) is 12.4. The first-order valence-electron chi connectivity index (χ1n) is 6.91. The van der Waals surface area contributed by atoms with E-state index in [1.807, 2.05) is 19.1 Å². The molecule has 1 N–H and O–H groups in total. The predicted octanol–water partition coefficient (Wildman–Crippen LogP) is 5.19. The van der Waals surface area contributed by atoms with Gasteiger partial charge in [-0.25, -0.2) is 4.39 Å². The molecule has 21 heavy (non-hydrogen) atoms. The standard InChI is InChI=1S/C17H19BrFNO/c1-11(2)20-10-13-4-7-17(12(3)8-13)21-14-5-6-16(19)15(18)9-14/h4-9,11,20H,10H2,1-3H3. The Morgan fingerprint density at radius 2 is 1.95 bits per heavy atom. The molecule has 0 spiro atoms. The molecule has 0 aliphatic carbocycles. The lowest BCUT2D eigenvalue weighted by molar-refractivity contribution is 0.475. The molecule has 2 aromatic rings. The SMILES string of the molecule is Cc1cc(CNC(C)C)ccc1Oc1ccc(F)c(Br)c1. The Kier molecular flexibility index (Phi) is 5.37. The molecule has 2 nitrogen and oxygen atoms in total. The van der Waals surface area contributed by atoms with Crippen molar-refractivity contribution in [2.24, 2.45) is 0 Å². The number of benzene rings is 2. The van der Waals surface area contributed by atoms with Gasteiger partial charge in [-0.05, 0) is 58.2 Å². The molecule has 0 amide bonds. The van der Waals surface area contributed by atoms with Gasteiger partial charge in [0.15, 0.2) is 0 Å². The second kappa shape index (κ2) is 7.05. The Balaban J connectivity index is 2.11. The molecule has 0 fully saturated rings. The van der Waals surface area contributed by atoms with E-state index in [2.05, 4.69) is 41.2 Å². The van der Waals surface area contributed by atoms with Gasteiger partial charge in [-0.2, -0.15) is 0 Å². The van der Waals surface area contributed by atoms with Gasteiger partial charge < -0.3 is 10.1 Å². The van der Waals surface area contributed by atoms with Crippen LogP contribution in [0.4, 0.5) is 4.39 Å². The lowest BCUT2D eigenvalue weighted by atomic mass is 10.1. The van der Waals surface area contributed by atoms with Gasteiger partial charge in [0.05, 0.1) is 4.47 Å². The van der Waals surface area contributed by atoms with Crippen LogP contribution in [0.3, 0.4) is 0 Å². The normalized spacial score (nSPS) is 11.0. The minimum Gasteiger partial charge on any atom is -0.457 e. The maximum absolute atomic E-state index is 13.2. The van der Waals surface area contributed by atoms with Crippen LogP contribution in [0.5, 0.6) is 11.5 Å². The average Bonchev–Trinajstić information content (AvgIpc) is 2.43. The summed E-state index contributed by atoms with van der Waals surface area (Å²) in [5.41, 5.74) is 2.27. The van der Waals surface area contributed by atoms with Crippen LogP contribution < -0.4 is 10.1 Å². The van der Waals surface area contributed by atoms with Gasteiger partial charge in [0, 0.05) is 12.6 Å². The molecule has 112 valence electrons. The fraction of sp³-hybridized carbons (Fsp3) is 0.294. The van der Waals surface area contributed by atoms with Crippen LogP contribution in [0.1, 0.15) is 25.0 Å². The van der Waals surface area contributed by atoms with Crippen molar-refractivity contribution in [3.63, 3.8) is 0 Å². The summed E-state index contributed by atoms with van der Waals surface area (Å²) in [6.07, 6.45) is 0. The number of nitrogens with one attached hydrogen (secondary N) is 1. The van der Waals surface area contributed by atoms with E-state index < -0.39 is 0 Å². The van der Waals surface area contributed by atoms with Gasteiger partial charge in [0.25, 0.3) is 0 Å². The van der Waals surface area contributed by atoms with Crippen molar-refractivity contribution in [1.29, 1.82) is 0 Å². The fourth-order valence-electron chi connectivity index (χ4n) is 1.93. The van der Waals surface area contributed by atoms with Crippen molar-refractivity contribution < 1.29 is 9.13 Å². The molecular weight excluding hydrogens is 333 g/mol. The number of hydrogen-bond acceptors (Lipinski definition) is 2. The molecule has 0 aliphatic rings. The first-order chi connectivity index (χ1) is 9.95. The van der Waals surface area contributed by atoms with Crippen molar-refractivity contribution in [3.8, 4) is 11.5 Å². The van der Waals surface area contributed by atoms with E-state index >= 15 is 0 Å². The van der Waals surface area contributed by atoms with Crippen LogP contribution in [0, 0.1) is 12.7 Å². The van der Waals surface area contributed by atoms with E-state index in [9.17, 15) is 4.39 Å². The molecule has 0 saturated carbocycles. The van der Waals surface area contributed by atoms with Crippen LogP contribution in [-0.2, 0) is 6.54 Å². The van der Waals surface area contributed by atoms with Crippen molar-refractivity contribution in [2.45, 2.75) is 33.4 Å². The summed E-state index contributed by atoms with van der Waals surface area (Å²) >= 11 is 3.16. The van der Waals surface area contributed by atoms with Gasteiger partial charge in [0.2, 0.25) is 0 Å². The first kappa shape index (κ1) is 16.0. The van der Waals surface area contributed by atoms with Gasteiger partial charge in [-0.15, -0.1) is 0 Å². The molecule has 0 radical (unpaired) electrons. The Labute approximate surface area is 133 Å². The van der Waals surface area contributed by atoms with Crippen LogP contribution in [0.25, 0.3) is 0 Å². The van der Waals surface area contributed by atoms with Crippen molar-refractivity contribution in [3.05, 3.63) is 57.8 Å². The Bertz CT molecular complexity index is 628. The number of halogens is 2. The highest BCUT2D eigenvalue weighted by molar-refractivity contribution is 9.10. The smallest absolute Gasteiger partial charge is 0.137 e. The summed E-state index contributed by atoms with van der Waals surface area (Å²) in [7, 11) is 0. The van der Waals surface area contributed by atoms with E-state index in [1.165, 1.54) is 11.6 Å². The highest BCUT2D eigenvalue weighted by atomic mass is 79.9. The molecule has 0 bridgehead atoms. The van der Waals surface area contributed by atoms with E-state index in [0.717, 1.165) is 17.9 Å². The maximum Gasteiger partial charge on any atom is 0.137 e. The second-order valence-corrected chi connectivity index (χ2v) is 6.17. The largest absolute Gasteiger partial charge is 0.457 e. The molecule has 2 rings (SSSR count). The molecule has 0 aliphatic heterocycles. The fourth-order valence-corrected chi connectivity index (χ4v) is 2.28. The third-order valence-electron chi connectivity index (χ3n) is 3.07. The van der Waals surface area contributed by atoms with E-state index in [1.54, 1.807) is 12.1 Å². The van der Waals surface area contributed by atoms with Crippen molar-refractivity contribution >= 4 is 15.9 Å². The van der Waals surface area contributed by atoms with E-state index in [-0.39, 0.29) is 5.82 Å². The number of ether oxygens (including phenoxy) is 1. The Hall–Kier alpha value is -1.39. The molecule has 0 atom stereocenters. The summed E-state index contributed by atoms with van der Waals surface area (Å²) < 4.78 is 19.4. The monoisotopic (exact) mass is 351 g/mol. The van der Waals surface area contributed by atoms with Crippen molar-refractivity contribution in [1.82, 2.24) is 5.32 Å². The van der Waals surface area contributed by atoms with E-state index in [4.69, 9.17) is 4.74 Å². The third-order valence-corrected chi connectivity index (χ3v) is 3.68. The topological polar surface area (TPSA) is 21.3 Å². The van der Waals surface area contributed by atoms with Gasteiger partial charge in [-0.3, -0.25) is 0 Å². The molecule has 0 heterocycles. The number of aryl methyl sites for hydroxylation is 1. The summed E-state index contributed by atoms with van der Waals surface area (Å²) in [6.45, 7) is 7.08. The summed E-state index contributed by atoms with van der Waals surface area (Å²) in [5, 5.41) is 3.38. The van der Waals surface area contributed by atoms with Crippen molar-refractivity contribution in [2.75, 3.05) is 0 Å². The average molecular weight is 352 g/mol. The maximum atomic E-state index is 13.2. The molecule has 0 aromatic heterocycles. The molecule has 4 heteroatoms. The third kappa shape index (κ3) is 4.55. The van der Waals surface area contributed by atoms with Crippen LogP contribution in [0.15, 0.2) is 40.9 Å². The molecule has 0 unspecified atom stereocenters. The molecule has 0 saturated heterocycles. The zero-order valence-corrected chi connectivity index (χ0v) is 14.0. The Morgan fingerprint density at radius 3 is 2.57 bits per heavy atom. The lowest BCUT2D eigenvalue weighted by Gasteiger charge is -2.12. The minimum absolute atomic E-state index is 0.297. The number of rotatable bonds is 5. The van der Waals surface area contributed by atoms with Crippen LogP contribution in [-0.4, -0.2) is 6.04 Å². The first-order valence-corrected chi connectivity index (χ1v) is 7.71. The predicted molar refractivity (Wildman–Crippen MR) is 87.3 cm³/mol. The second-order valence-electron chi connectivity index (χ2n) is 5.31. The zero-order chi connectivity index (χ0) is 15.4. The lowest BCUT2D eigenvalue weighted by Crippen LogP contribution is -2.21. The highest BCUT2D eigenvalue weighted by Crippen LogP contribution is 2.28. The van der Waals surface area contributed by atoms with Gasteiger partial charge >= 0.3 is 0 Å². The summed E-state index contributed by atoms with van der Waals surface area (Å²) in [5.74, 6) is 1.09.